The molecule has 180 valence electrons. The molecule has 4 aromatic rings. The summed E-state index contributed by atoms with van der Waals surface area (Å²) in [5, 5.41) is 18.1. The maximum atomic E-state index is 12.1. The second-order valence-electron chi connectivity index (χ2n) is 7.89. The van der Waals surface area contributed by atoms with Gasteiger partial charge >= 0.3 is 5.97 Å². The van der Waals surface area contributed by atoms with Crippen molar-refractivity contribution in [2.75, 3.05) is 14.2 Å². The number of rotatable bonds is 8. The number of carbonyl (C=O) groups is 1. The lowest BCUT2D eigenvalue weighted by molar-refractivity contribution is -0.131. The molecule has 2 heterocycles. The molecule has 4 rings (SSSR count). The Morgan fingerprint density at radius 3 is 2.37 bits per heavy atom. The molecule has 8 nitrogen and oxygen atoms in total. The molecule has 35 heavy (non-hydrogen) atoms. The van der Waals surface area contributed by atoms with Gasteiger partial charge in [0.15, 0.2) is 0 Å². The first-order valence-corrected chi connectivity index (χ1v) is 11.6. The normalized spacial score (nSPS) is 11.5. The Morgan fingerprint density at radius 1 is 1.03 bits per heavy atom. The Labute approximate surface area is 207 Å². The van der Waals surface area contributed by atoms with E-state index >= 15 is 0 Å². The summed E-state index contributed by atoms with van der Waals surface area (Å²) in [5.41, 5.74) is 5.51. The first kappa shape index (κ1) is 24.2. The minimum absolute atomic E-state index is 0.0629. The van der Waals surface area contributed by atoms with Crippen LogP contribution in [-0.2, 0) is 4.79 Å². The van der Waals surface area contributed by atoms with Gasteiger partial charge in [-0.25, -0.2) is 4.79 Å². The van der Waals surface area contributed by atoms with E-state index in [-0.39, 0.29) is 16.0 Å². The number of benzene rings is 2. The van der Waals surface area contributed by atoms with Crippen LogP contribution in [0, 0.1) is 20.8 Å². The quantitative estimate of drug-likeness (QED) is 0.248. The number of thioether (sulfide) groups is 1. The molecule has 0 spiro atoms. The lowest BCUT2D eigenvalue weighted by Gasteiger charge is -2.10. The first-order chi connectivity index (χ1) is 16.8. The zero-order valence-corrected chi connectivity index (χ0v) is 20.8. The fourth-order valence-electron chi connectivity index (χ4n) is 3.77. The van der Waals surface area contributed by atoms with Gasteiger partial charge in [-0.05, 0) is 80.1 Å². The van der Waals surface area contributed by atoms with Gasteiger partial charge in [0.1, 0.15) is 16.4 Å². The molecule has 0 unspecified atom stereocenters. The average molecular weight is 492 g/mol. The molecular weight excluding hydrogens is 466 g/mol. The van der Waals surface area contributed by atoms with Crippen molar-refractivity contribution in [3.63, 3.8) is 0 Å². The molecule has 0 bridgehead atoms. The maximum Gasteiger partial charge on any atom is 0.342 e. The molecule has 0 aliphatic rings. The van der Waals surface area contributed by atoms with E-state index in [1.807, 2.05) is 45.0 Å². The van der Waals surface area contributed by atoms with Crippen molar-refractivity contribution >= 4 is 23.8 Å². The van der Waals surface area contributed by atoms with Gasteiger partial charge in [-0.15, -0.1) is 10.2 Å². The second kappa shape index (κ2) is 10.1. The molecule has 9 heteroatoms. The van der Waals surface area contributed by atoms with Gasteiger partial charge in [-0.1, -0.05) is 12.1 Å². The topological polar surface area (TPSA) is 99.6 Å². The number of aryl methyl sites for hydroxylation is 2. The Kier molecular flexibility index (Phi) is 6.97. The summed E-state index contributed by atoms with van der Waals surface area (Å²) in [6.07, 6.45) is 1.63. The van der Waals surface area contributed by atoms with Crippen LogP contribution in [0.5, 0.6) is 11.5 Å². The van der Waals surface area contributed by atoms with E-state index in [0.29, 0.717) is 17.1 Å². The highest BCUT2D eigenvalue weighted by atomic mass is 32.2. The third-order valence-electron chi connectivity index (χ3n) is 5.43. The fourth-order valence-corrected chi connectivity index (χ4v) is 4.43. The van der Waals surface area contributed by atoms with Gasteiger partial charge in [0.05, 0.1) is 14.2 Å². The molecule has 0 aliphatic carbocycles. The summed E-state index contributed by atoms with van der Waals surface area (Å²) in [7, 11) is 3.10. The van der Waals surface area contributed by atoms with Crippen molar-refractivity contribution in [1.29, 1.82) is 0 Å². The number of aromatic nitrogens is 3. The van der Waals surface area contributed by atoms with Crippen LogP contribution < -0.4 is 9.47 Å². The number of nitrogens with zero attached hydrogens (tertiary/aromatic N) is 3. The van der Waals surface area contributed by atoms with Crippen LogP contribution in [0.1, 0.15) is 22.5 Å². The number of ether oxygens (including phenoxy) is 2. The number of carboxylic acid groups (broad SMARTS) is 1. The van der Waals surface area contributed by atoms with E-state index in [1.165, 1.54) is 0 Å². The van der Waals surface area contributed by atoms with Crippen molar-refractivity contribution in [1.82, 2.24) is 14.8 Å². The summed E-state index contributed by atoms with van der Waals surface area (Å²) in [6.45, 7) is 6.00. The minimum atomic E-state index is -1.09. The van der Waals surface area contributed by atoms with Gasteiger partial charge in [0.25, 0.3) is 5.22 Å². The minimum Gasteiger partial charge on any atom is -0.497 e. The summed E-state index contributed by atoms with van der Waals surface area (Å²) in [5.74, 6) is 0.286. The largest absolute Gasteiger partial charge is 0.497 e. The van der Waals surface area contributed by atoms with Crippen molar-refractivity contribution in [2.24, 2.45) is 0 Å². The summed E-state index contributed by atoms with van der Waals surface area (Å²) < 4.78 is 18.4. The molecule has 0 radical (unpaired) electrons. The molecule has 2 aromatic carbocycles. The van der Waals surface area contributed by atoms with Crippen LogP contribution in [0.4, 0.5) is 0 Å². The molecule has 0 atom stereocenters. The highest BCUT2D eigenvalue weighted by Crippen LogP contribution is 2.34. The highest BCUT2D eigenvalue weighted by molar-refractivity contribution is 8.03. The van der Waals surface area contributed by atoms with E-state index in [4.69, 9.17) is 13.9 Å². The number of methoxy groups -OCH3 is 2. The second-order valence-corrected chi connectivity index (χ2v) is 8.88. The molecule has 2 aromatic heterocycles. The van der Waals surface area contributed by atoms with Gasteiger partial charge in [-0.3, -0.25) is 0 Å². The van der Waals surface area contributed by atoms with Crippen LogP contribution in [0.15, 0.2) is 63.1 Å². The smallest absolute Gasteiger partial charge is 0.342 e. The maximum absolute atomic E-state index is 12.1. The Balaban J connectivity index is 1.65. The standard InChI is InChI=1S/C26H25N3O5S/c1-15-7-6-8-20(9-15)29-16(2)10-18(17(29)3)13-23(25(30)31)35-26-28-27-24(34-26)19-11-21(32-4)14-22(12-19)33-5/h6-14H,1-5H3,(H,30,31)/b23-13+. The van der Waals surface area contributed by atoms with Crippen LogP contribution in [0.3, 0.4) is 0 Å². The summed E-state index contributed by atoms with van der Waals surface area (Å²) >= 11 is 0.899. The van der Waals surface area contributed by atoms with Crippen molar-refractivity contribution < 1.29 is 23.8 Å². The van der Waals surface area contributed by atoms with Crippen molar-refractivity contribution in [3.8, 4) is 28.6 Å². The fraction of sp³-hybridized carbons (Fsp3) is 0.192. The van der Waals surface area contributed by atoms with Gasteiger partial charge in [-0.2, -0.15) is 0 Å². The van der Waals surface area contributed by atoms with Gasteiger partial charge in [0.2, 0.25) is 5.89 Å². The Hall–Kier alpha value is -3.98. The zero-order chi connectivity index (χ0) is 25.1. The van der Waals surface area contributed by atoms with Gasteiger partial charge in [0, 0.05) is 28.7 Å². The molecule has 0 saturated carbocycles. The van der Waals surface area contributed by atoms with E-state index < -0.39 is 5.97 Å². The molecule has 0 aliphatic heterocycles. The SMILES string of the molecule is COc1cc(OC)cc(-c2nnc(S/C(=C/c3cc(C)n(-c4cccc(C)c4)c3C)C(=O)O)o2)c1. The number of hydrogen-bond donors (Lipinski definition) is 1. The molecule has 1 N–H and O–H groups in total. The Bertz CT molecular complexity index is 1400. The van der Waals surface area contributed by atoms with Crippen LogP contribution in [-0.4, -0.2) is 40.1 Å². The van der Waals surface area contributed by atoms with Crippen molar-refractivity contribution in [3.05, 3.63) is 76.0 Å². The van der Waals surface area contributed by atoms with Crippen LogP contribution in [0.25, 0.3) is 23.2 Å². The van der Waals surface area contributed by atoms with Crippen LogP contribution in [0.2, 0.25) is 0 Å². The summed E-state index contributed by atoms with van der Waals surface area (Å²) in [4.78, 5) is 12.1. The van der Waals surface area contributed by atoms with Crippen molar-refractivity contribution in [2.45, 2.75) is 26.0 Å². The average Bonchev–Trinajstić information content (AvgIpc) is 3.42. The first-order valence-electron chi connectivity index (χ1n) is 10.7. The predicted molar refractivity (Wildman–Crippen MR) is 134 cm³/mol. The van der Waals surface area contributed by atoms with E-state index in [9.17, 15) is 9.90 Å². The lowest BCUT2D eigenvalue weighted by Crippen LogP contribution is -2.00. The third-order valence-corrected chi connectivity index (χ3v) is 6.28. The van der Waals surface area contributed by atoms with E-state index in [1.54, 1.807) is 38.5 Å². The molecule has 0 fully saturated rings. The Morgan fingerprint density at radius 2 is 1.74 bits per heavy atom. The molecule has 0 amide bonds. The van der Waals surface area contributed by atoms with E-state index in [0.717, 1.165) is 40.0 Å². The third kappa shape index (κ3) is 5.25. The van der Waals surface area contributed by atoms with E-state index in [2.05, 4.69) is 20.8 Å². The van der Waals surface area contributed by atoms with Crippen LogP contribution >= 0.6 is 11.8 Å². The monoisotopic (exact) mass is 491 g/mol. The zero-order valence-electron chi connectivity index (χ0n) is 20.0. The summed E-state index contributed by atoms with van der Waals surface area (Å²) in [6, 6.07) is 15.3. The number of aliphatic carboxylic acids is 1. The number of carboxylic acids is 1. The lowest BCUT2D eigenvalue weighted by atomic mass is 10.2. The molecular formula is C26H25N3O5S. The predicted octanol–water partition coefficient (Wildman–Crippen LogP) is 5.69. The number of hydrogen-bond acceptors (Lipinski definition) is 7. The molecule has 0 saturated heterocycles. The highest BCUT2D eigenvalue weighted by Gasteiger charge is 2.19. The van der Waals surface area contributed by atoms with Gasteiger partial charge < -0.3 is 23.6 Å².